The maximum atomic E-state index is 11.8. The maximum absolute atomic E-state index is 11.8. The van der Waals surface area contributed by atoms with Crippen LogP contribution in [0.2, 0.25) is 5.02 Å². The Labute approximate surface area is 115 Å². The number of halogens is 1. The van der Waals surface area contributed by atoms with Crippen molar-refractivity contribution in [3.05, 3.63) is 52.8 Å². The Bertz CT molecular complexity index is 656. The van der Waals surface area contributed by atoms with Gasteiger partial charge < -0.3 is 9.30 Å². The van der Waals surface area contributed by atoms with Crippen LogP contribution in [-0.4, -0.2) is 17.0 Å². The Hall–Kier alpha value is -2.25. The van der Waals surface area contributed by atoms with E-state index in [1.807, 2.05) is 13.1 Å². The lowest BCUT2D eigenvalue weighted by Crippen LogP contribution is -2.10. The van der Waals surface area contributed by atoms with E-state index in [9.17, 15) is 4.79 Å². The molecule has 0 aliphatic heterocycles. The number of hydrogen-bond acceptors (Lipinski definition) is 3. The predicted molar refractivity (Wildman–Crippen MR) is 71.4 cm³/mol. The van der Waals surface area contributed by atoms with Crippen LogP contribution in [-0.2, 0) is 7.05 Å². The SMILES string of the molecule is Cn1ccc(C(=O)COc2ccc(C#N)c(Cl)c2)c1. The number of Topliss-reactive ketones (excluding diaryl/α,β-unsaturated/α-hetero) is 1. The van der Waals surface area contributed by atoms with Crippen molar-refractivity contribution in [1.29, 1.82) is 5.26 Å². The molecule has 0 unspecified atom stereocenters. The zero-order valence-electron chi connectivity index (χ0n) is 10.3. The summed E-state index contributed by atoms with van der Waals surface area (Å²) in [6.45, 7) is -0.0633. The average molecular weight is 275 g/mol. The molecule has 96 valence electrons. The van der Waals surface area contributed by atoms with E-state index in [1.165, 1.54) is 6.07 Å². The van der Waals surface area contributed by atoms with E-state index in [4.69, 9.17) is 21.6 Å². The minimum absolute atomic E-state index is 0.0633. The molecule has 0 bridgehead atoms. The van der Waals surface area contributed by atoms with E-state index < -0.39 is 0 Å². The van der Waals surface area contributed by atoms with Gasteiger partial charge in [0.15, 0.2) is 6.61 Å². The molecule has 2 aromatic rings. The monoisotopic (exact) mass is 274 g/mol. The molecular weight excluding hydrogens is 264 g/mol. The van der Waals surface area contributed by atoms with Gasteiger partial charge in [0.25, 0.3) is 0 Å². The van der Waals surface area contributed by atoms with Gasteiger partial charge in [0, 0.05) is 31.1 Å². The number of nitriles is 1. The topological polar surface area (TPSA) is 55.0 Å². The third kappa shape index (κ3) is 3.15. The second-order valence-electron chi connectivity index (χ2n) is 4.03. The molecule has 0 aliphatic rings. The molecule has 0 spiro atoms. The highest BCUT2D eigenvalue weighted by atomic mass is 35.5. The van der Waals surface area contributed by atoms with Crippen molar-refractivity contribution in [2.24, 2.45) is 7.05 Å². The second-order valence-corrected chi connectivity index (χ2v) is 4.44. The summed E-state index contributed by atoms with van der Waals surface area (Å²) in [6, 6.07) is 8.39. The maximum Gasteiger partial charge on any atom is 0.201 e. The highest BCUT2D eigenvalue weighted by Gasteiger charge is 2.09. The standard InChI is InChI=1S/C14H11ClN2O2/c1-17-5-4-11(8-17)14(18)9-19-12-3-2-10(7-16)13(15)6-12/h2-6,8H,9H2,1H3. The Kier molecular flexibility index (Phi) is 3.88. The number of nitrogens with zero attached hydrogens (tertiary/aromatic N) is 2. The summed E-state index contributed by atoms with van der Waals surface area (Å²) in [6.07, 6.45) is 3.53. The van der Waals surface area contributed by atoms with Crippen LogP contribution in [0.4, 0.5) is 0 Å². The molecule has 5 heteroatoms. The number of ketones is 1. The summed E-state index contributed by atoms with van der Waals surface area (Å²) < 4.78 is 7.16. The molecule has 1 aromatic heterocycles. The predicted octanol–water partition coefficient (Wildman–Crippen LogP) is 2.81. The van der Waals surface area contributed by atoms with Gasteiger partial charge in [-0.2, -0.15) is 5.26 Å². The number of carbonyl (C=O) groups is 1. The van der Waals surface area contributed by atoms with Crippen molar-refractivity contribution in [3.63, 3.8) is 0 Å². The number of aromatic nitrogens is 1. The van der Waals surface area contributed by atoms with Gasteiger partial charge in [0.1, 0.15) is 11.8 Å². The fraction of sp³-hybridized carbons (Fsp3) is 0.143. The fourth-order valence-corrected chi connectivity index (χ4v) is 1.79. The van der Waals surface area contributed by atoms with Gasteiger partial charge in [-0.25, -0.2) is 0 Å². The van der Waals surface area contributed by atoms with Crippen LogP contribution in [0.1, 0.15) is 15.9 Å². The van der Waals surface area contributed by atoms with Crippen molar-refractivity contribution in [1.82, 2.24) is 4.57 Å². The summed E-state index contributed by atoms with van der Waals surface area (Å²) in [5, 5.41) is 9.06. The minimum atomic E-state index is -0.110. The largest absolute Gasteiger partial charge is 0.485 e. The lowest BCUT2D eigenvalue weighted by atomic mass is 10.2. The lowest BCUT2D eigenvalue weighted by Gasteiger charge is -2.05. The van der Waals surface area contributed by atoms with Crippen LogP contribution in [0.5, 0.6) is 5.75 Å². The van der Waals surface area contributed by atoms with Crippen molar-refractivity contribution in [2.75, 3.05) is 6.61 Å². The molecule has 4 nitrogen and oxygen atoms in total. The van der Waals surface area contributed by atoms with Crippen LogP contribution in [0.15, 0.2) is 36.7 Å². The van der Waals surface area contributed by atoms with Gasteiger partial charge in [0.05, 0.1) is 10.6 Å². The first kappa shape index (κ1) is 13.2. The van der Waals surface area contributed by atoms with Crippen molar-refractivity contribution in [3.8, 4) is 11.8 Å². The van der Waals surface area contributed by atoms with Gasteiger partial charge in [-0.3, -0.25) is 4.79 Å². The van der Waals surface area contributed by atoms with Crippen LogP contribution in [0.25, 0.3) is 0 Å². The van der Waals surface area contributed by atoms with Crippen molar-refractivity contribution in [2.45, 2.75) is 0 Å². The Morgan fingerprint density at radius 3 is 2.84 bits per heavy atom. The van der Waals surface area contributed by atoms with Gasteiger partial charge in [0.2, 0.25) is 5.78 Å². The highest BCUT2D eigenvalue weighted by Crippen LogP contribution is 2.22. The van der Waals surface area contributed by atoms with E-state index in [2.05, 4.69) is 0 Å². The number of hydrogen-bond donors (Lipinski definition) is 0. The zero-order chi connectivity index (χ0) is 13.8. The van der Waals surface area contributed by atoms with E-state index in [0.29, 0.717) is 21.9 Å². The molecule has 0 amide bonds. The summed E-state index contributed by atoms with van der Waals surface area (Å²) >= 11 is 5.87. The average Bonchev–Trinajstić information content (AvgIpc) is 2.83. The van der Waals surface area contributed by atoms with Crippen LogP contribution in [0, 0.1) is 11.3 Å². The molecule has 1 heterocycles. The first-order valence-corrected chi connectivity index (χ1v) is 5.95. The summed E-state index contributed by atoms with van der Waals surface area (Å²) in [5.41, 5.74) is 0.977. The number of rotatable bonds is 4. The number of benzene rings is 1. The molecule has 0 radical (unpaired) electrons. The quantitative estimate of drug-likeness (QED) is 0.806. The van der Waals surface area contributed by atoms with E-state index in [1.54, 1.807) is 35.2 Å². The summed E-state index contributed by atoms with van der Waals surface area (Å²) in [5.74, 6) is 0.356. The smallest absolute Gasteiger partial charge is 0.201 e. The Morgan fingerprint density at radius 1 is 1.47 bits per heavy atom. The van der Waals surface area contributed by atoms with E-state index in [0.717, 1.165) is 0 Å². The second kappa shape index (κ2) is 5.59. The number of carbonyl (C=O) groups excluding carboxylic acids is 1. The molecule has 1 aromatic carbocycles. The van der Waals surface area contributed by atoms with Gasteiger partial charge in [-0.1, -0.05) is 11.6 Å². The molecule has 0 saturated carbocycles. The zero-order valence-corrected chi connectivity index (χ0v) is 11.0. The molecule has 0 N–H and O–H groups in total. The first-order chi connectivity index (χ1) is 9.10. The van der Waals surface area contributed by atoms with Gasteiger partial charge in [-0.15, -0.1) is 0 Å². The highest BCUT2D eigenvalue weighted by molar-refractivity contribution is 6.31. The first-order valence-electron chi connectivity index (χ1n) is 5.58. The van der Waals surface area contributed by atoms with Gasteiger partial charge >= 0.3 is 0 Å². The Balaban J connectivity index is 2.01. The normalized spacial score (nSPS) is 9.95. The third-order valence-electron chi connectivity index (χ3n) is 2.58. The van der Waals surface area contributed by atoms with Crippen LogP contribution >= 0.6 is 11.6 Å². The molecule has 2 rings (SSSR count). The molecule has 0 atom stereocenters. The lowest BCUT2D eigenvalue weighted by molar-refractivity contribution is 0.0921. The van der Waals surface area contributed by atoms with E-state index >= 15 is 0 Å². The summed E-state index contributed by atoms with van der Waals surface area (Å²) in [4.78, 5) is 11.8. The molecule has 0 fully saturated rings. The van der Waals surface area contributed by atoms with Crippen LogP contribution in [0.3, 0.4) is 0 Å². The van der Waals surface area contributed by atoms with Gasteiger partial charge in [-0.05, 0) is 18.2 Å². The third-order valence-corrected chi connectivity index (χ3v) is 2.90. The minimum Gasteiger partial charge on any atom is -0.485 e. The summed E-state index contributed by atoms with van der Waals surface area (Å²) in [7, 11) is 1.85. The number of aryl methyl sites for hydroxylation is 1. The molecule has 0 saturated heterocycles. The molecule has 0 aliphatic carbocycles. The van der Waals surface area contributed by atoms with Crippen molar-refractivity contribution >= 4 is 17.4 Å². The Morgan fingerprint density at radius 2 is 2.26 bits per heavy atom. The fourth-order valence-electron chi connectivity index (χ4n) is 1.58. The van der Waals surface area contributed by atoms with Crippen LogP contribution < -0.4 is 4.74 Å². The molecular formula is C14H11ClN2O2. The number of ether oxygens (including phenoxy) is 1. The van der Waals surface area contributed by atoms with Crippen molar-refractivity contribution < 1.29 is 9.53 Å². The molecule has 19 heavy (non-hydrogen) atoms. The van der Waals surface area contributed by atoms with E-state index in [-0.39, 0.29) is 12.4 Å².